The molecule has 0 bridgehead atoms. The maximum Gasteiger partial charge on any atom is 0.333 e. The second-order valence-electron chi connectivity index (χ2n) is 10.4. The molecule has 2 amide bonds. The Kier molecular flexibility index (Phi) is 7.38. The summed E-state index contributed by atoms with van der Waals surface area (Å²) in [6.07, 6.45) is 1.18. The molecule has 9 nitrogen and oxygen atoms in total. The molecule has 0 radical (unpaired) electrons. The van der Waals surface area contributed by atoms with Gasteiger partial charge in [-0.15, -0.1) is 0 Å². The number of rotatable bonds is 6. The molecule has 0 spiro atoms. The van der Waals surface area contributed by atoms with E-state index in [2.05, 4.69) is 0 Å². The Morgan fingerprint density at radius 2 is 1.50 bits per heavy atom. The number of hydrogen-bond donors (Lipinski definition) is 0. The van der Waals surface area contributed by atoms with E-state index in [-0.39, 0.29) is 54.0 Å². The lowest BCUT2D eigenvalue weighted by molar-refractivity contribution is -0.133. The van der Waals surface area contributed by atoms with Crippen molar-refractivity contribution < 1.29 is 9.59 Å². The van der Waals surface area contributed by atoms with Crippen LogP contribution in [0, 0.1) is 0 Å². The second kappa shape index (κ2) is 10.3. The molecule has 0 saturated carbocycles. The maximum atomic E-state index is 13.1. The lowest BCUT2D eigenvalue weighted by Crippen LogP contribution is -2.52. The fraction of sp³-hybridized carbons (Fsp3) is 0.556. The van der Waals surface area contributed by atoms with E-state index >= 15 is 0 Å². The molecule has 1 aromatic carbocycles. The zero-order chi connectivity index (χ0) is 26.1. The van der Waals surface area contributed by atoms with Gasteiger partial charge in [-0.3, -0.25) is 23.5 Å². The van der Waals surface area contributed by atoms with E-state index in [1.807, 2.05) is 68.7 Å². The Labute approximate surface area is 211 Å². The highest BCUT2D eigenvalue weighted by Gasteiger charge is 2.31. The van der Waals surface area contributed by atoms with Crippen molar-refractivity contribution >= 4 is 23.3 Å². The zero-order valence-electron chi connectivity index (χ0n) is 21.9. The fourth-order valence-corrected chi connectivity index (χ4v) is 5.39. The molecule has 3 heterocycles. The number of piperazine rings is 1. The molecule has 0 aliphatic carbocycles. The quantitative estimate of drug-likeness (QED) is 0.615. The van der Waals surface area contributed by atoms with Gasteiger partial charge in [0.05, 0.1) is 0 Å². The van der Waals surface area contributed by atoms with E-state index in [0.29, 0.717) is 32.0 Å². The molecule has 1 aromatic heterocycles. The molecular weight excluding hydrogens is 458 g/mol. The third-order valence-corrected chi connectivity index (χ3v) is 7.17. The van der Waals surface area contributed by atoms with E-state index in [9.17, 15) is 19.2 Å². The second-order valence-corrected chi connectivity index (χ2v) is 10.4. The van der Waals surface area contributed by atoms with E-state index in [4.69, 9.17) is 0 Å². The van der Waals surface area contributed by atoms with Crippen molar-refractivity contribution in [2.24, 2.45) is 0 Å². The number of fused-ring (bicyclic) bond motifs is 1. The van der Waals surface area contributed by atoms with Gasteiger partial charge in [0.1, 0.15) is 5.82 Å². The normalized spacial score (nSPS) is 17.8. The average Bonchev–Trinajstić information content (AvgIpc) is 3.17. The van der Waals surface area contributed by atoms with E-state index in [0.717, 1.165) is 12.1 Å². The minimum atomic E-state index is -0.309. The predicted molar refractivity (Wildman–Crippen MR) is 141 cm³/mol. The number of carbonyl (C=O) groups is 2. The number of carbonyl (C=O) groups excluding carboxylic acids is 2. The number of hydrogen-bond acceptors (Lipinski definition) is 5. The topological polar surface area (TPSA) is 87.9 Å². The number of anilines is 2. The minimum Gasteiger partial charge on any atom is -0.354 e. The molecule has 2 aliphatic heterocycles. The summed E-state index contributed by atoms with van der Waals surface area (Å²) in [6.45, 7) is 11.5. The average molecular weight is 496 g/mol. The smallest absolute Gasteiger partial charge is 0.333 e. The third kappa shape index (κ3) is 4.83. The van der Waals surface area contributed by atoms with Gasteiger partial charge in [0.25, 0.3) is 5.56 Å². The molecule has 2 aromatic rings. The molecular formula is C27H37N5O4. The summed E-state index contributed by atoms with van der Waals surface area (Å²) in [4.78, 5) is 57.2. The summed E-state index contributed by atoms with van der Waals surface area (Å²) >= 11 is 0. The van der Waals surface area contributed by atoms with Gasteiger partial charge in [0.15, 0.2) is 0 Å². The minimum absolute atomic E-state index is 0.0221. The molecule has 194 valence electrons. The summed E-state index contributed by atoms with van der Waals surface area (Å²) in [5.74, 6) is 0.534. The van der Waals surface area contributed by atoms with Crippen LogP contribution >= 0.6 is 0 Å². The van der Waals surface area contributed by atoms with Gasteiger partial charge in [0.2, 0.25) is 11.8 Å². The van der Waals surface area contributed by atoms with Crippen molar-refractivity contribution in [3.05, 3.63) is 56.7 Å². The highest BCUT2D eigenvalue weighted by molar-refractivity contribution is 5.97. The Hall–Kier alpha value is -3.36. The zero-order valence-corrected chi connectivity index (χ0v) is 21.9. The predicted octanol–water partition coefficient (Wildman–Crippen LogP) is 2.58. The summed E-state index contributed by atoms with van der Waals surface area (Å²) < 4.78 is 2.94. The van der Waals surface area contributed by atoms with Crippen LogP contribution in [0.2, 0.25) is 0 Å². The van der Waals surface area contributed by atoms with Crippen molar-refractivity contribution in [3.63, 3.8) is 0 Å². The largest absolute Gasteiger partial charge is 0.354 e. The molecule has 0 N–H and O–H groups in total. The van der Waals surface area contributed by atoms with E-state index in [1.165, 1.54) is 16.2 Å². The van der Waals surface area contributed by atoms with Crippen LogP contribution in [0.3, 0.4) is 0 Å². The van der Waals surface area contributed by atoms with Crippen LogP contribution in [0.4, 0.5) is 11.5 Å². The van der Waals surface area contributed by atoms with Crippen LogP contribution in [0.5, 0.6) is 0 Å². The molecule has 1 fully saturated rings. The van der Waals surface area contributed by atoms with Gasteiger partial charge in [0, 0.05) is 68.9 Å². The molecule has 9 heteroatoms. The number of para-hydroxylation sites is 1. The molecule has 1 saturated heterocycles. The first-order valence-electron chi connectivity index (χ1n) is 12.9. The molecule has 4 rings (SSSR count). The number of nitrogens with zero attached hydrogens (tertiary/aromatic N) is 5. The van der Waals surface area contributed by atoms with Gasteiger partial charge >= 0.3 is 5.69 Å². The van der Waals surface area contributed by atoms with Crippen molar-refractivity contribution in [1.29, 1.82) is 0 Å². The lowest BCUT2D eigenvalue weighted by atomic mass is 10.1. The van der Waals surface area contributed by atoms with Crippen LogP contribution in [0.25, 0.3) is 0 Å². The van der Waals surface area contributed by atoms with Crippen LogP contribution < -0.4 is 21.0 Å². The molecule has 0 unspecified atom stereocenters. The van der Waals surface area contributed by atoms with E-state index in [1.54, 1.807) is 9.47 Å². The standard InChI is InChI=1S/C27H37N5O4/c1-18(2)30-23(17-26(35)31(19(3)4)27(30)36)28-12-14-29(15-13-28)24(33)10-11-25(34)32-20(5)16-21-8-6-7-9-22(21)32/h6-9,17-20H,10-16H2,1-5H3/t20-/m1/s1. The number of aromatic nitrogens is 2. The van der Waals surface area contributed by atoms with Crippen LogP contribution in [0.1, 0.15) is 65.1 Å². The van der Waals surface area contributed by atoms with Gasteiger partial charge < -0.3 is 14.7 Å². The Morgan fingerprint density at radius 1 is 0.889 bits per heavy atom. The number of benzene rings is 1. The van der Waals surface area contributed by atoms with Gasteiger partial charge in [-0.05, 0) is 52.7 Å². The van der Waals surface area contributed by atoms with Crippen molar-refractivity contribution in [3.8, 4) is 0 Å². The van der Waals surface area contributed by atoms with Crippen LogP contribution in [-0.4, -0.2) is 58.1 Å². The lowest BCUT2D eigenvalue weighted by Gasteiger charge is -2.37. The third-order valence-electron chi connectivity index (χ3n) is 7.17. The molecule has 2 aliphatic rings. The highest BCUT2D eigenvalue weighted by atomic mass is 16.2. The van der Waals surface area contributed by atoms with Crippen molar-refractivity contribution in [1.82, 2.24) is 14.0 Å². The summed E-state index contributed by atoms with van der Waals surface area (Å²) in [5, 5.41) is 0. The molecule has 36 heavy (non-hydrogen) atoms. The first-order valence-corrected chi connectivity index (χ1v) is 12.9. The monoisotopic (exact) mass is 495 g/mol. The van der Waals surface area contributed by atoms with Gasteiger partial charge in [-0.2, -0.15) is 0 Å². The van der Waals surface area contributed by atoms with Crippen LogP contribution in [-0.2, 0) is 16.0 Å². The summed E-state index contributed by atoms with van der Waals surface area (Å²) in [7, 11) is 0. The Morgan fingerprint density at radius 3 is 2.14 bits per heavy atom. The summed E-state index contributed by atoms with van der Waals surface area (Å²) in [6, 6.07) is 9.23. The van der Waals surface area contributed by atoms with Crippen LogP contribution in [0.15, 0.2) is 39.9 Å². The Bertz CT molecular complexity index is 1250. The SMILES string of the molecule is CC(C)n1c(N2CCN(C(=O)CCC(=O)N3c4ccccc4C[C@H]3C)CC2)cc(=O)n(C(C)C)c1=O. The maximum absolute atomic E-state index is 13.1. The molecule has 1 atom stereocenters. The van der Waals surface area contributed by atoms with Crippen molar-refractivity contribution in [2.45, 2.75) is 72.0 Å². The van der Waals surface area contributed by atoms with E-state index < -0.39 is 0 Å². The summed E-state index contributed by atoms with van der Waals surface area (Å²) in [5.41, 5.74) is 1.50. The first-order chi connectivity index (χ1) is 17.1. The van der Waals surface area contributed by atoms with Gasteiger partial charge in [-0.25, -0.2) is 4.79 Å². The van der Waals surface area contributed by atoms with Crippen molar-refractivity contribution in [2.75, 3.05) is 36.0 Å². The number of amides is 2. The first kappa shape index (κ1) is 25.7. The fourth-order valence-electron chi connectivity index (χ4n) is 5.39. The van der Waals surface area contributed by atoms with Gasteiger partial charge in [-0.1, -0.05) is 18.2 Å². The highest BCUT2D eigenvalue weighted by Crippen LogP contribution is 2.32. The Balaban J connectivity index is 1.39.